The summed E-state index contributed by atoms with van der Waals surface area (Å²) in [6, 6.07) is 6.98. The summed E-state index contributed by atoms with van der Waals surface area (Å²) in [5, 5.41) is 0. The molecule has 0 fully saturated rings. The molecular formula is C15H20. The summed E-state index contributed by atoms with van der Waals surface area (Å²) >= 11 is 0. The molecule has 0 bridgehead atoms. The van der Waals surface area contributed by atoms with Crippen molar-refractivity contribution in [3.63, 3.8) is 0 Å². The fourth-order valence-corrected chi connectivity index (χ4v) is 2.18. The lowest BCUT2D eigenvalue weighted by molar-refractivity contribution is 0.589. The molecule has 0 amide bonds. The molecule has 0 saturated carbocycles. The lowest BCUT2D eigenvalue weighted by Gasteiger charge is -2.23. The van der Waals surface area contributed by atoms with Crippen LogP contribution >= 0.6 is 0 Å². The summed E-state index contributed by atoms with van der Waals surface area (Å²) in [5.74, 6) is 0. The van der Waals surface area contributed by atoms with Gasteiger partial charge in [0.15, 0.2) is 0 Å². The van der Waals surface area contributed by atoms with Gasteiger partial charge in [-0.25, -0.2) is 0 Å². The molecule has 0 aromatic heterocycles. The molecule has 0 nitrogen and oxygen atoms in total. The van der Waals surface area contributed by atoms with E-state index >= 15 is 0 Å². The molecule has 0 heteroatoms. The predicted molar refractivity (Wildman–Crippen MR) is 67.1 cm³/mol. The van der Waals surface area contributed by atoms with Gasteiger partial charge in [-0.05, 0) is 47.4 Å². The standard InChI is InChI=1S/C15H20/c1-11-6-5-7-12-8-9-13(10-14(11)12)15(2,3)4/h6,8-10H,5,7H2,1-4H3. The molecule has 80 valence electrons. The highest BCUT2D eigenvalue weighted by Gasteiger charge is 2.17. The third-order valence-corrected chi connectivity index (χ3v) is 3.26. The van der Waals surface area contributed by atoms with Gasteiger partial charge in [0, 0.05) is 0 Å². The molecule has 1 aliphatic carbocycles. The van der Waals surface area contributed by atoms with Gasteiger partial charge in [0.05, 0.1) is 0 Å². The Bertz CT molecular complexity index is 403. The number of hydrogen-bond donors (Lipinski definition) is 0. The van der Waals surface area contributed by atoms with E-state index in [4.69, 9.17) is 0 Å². The Labute approximate surface area is 93.0 Å². The summed E-state index contributed by atoms with van der Waals surface area (Å²) in [6.45, 7) is 9.05. The number of benzene rings is 1. The highest BCUT2D eigenvalue weighted by atomic mass is 14.2. The molecule has 0 heterocycles. The van der Waals surface area contributed by atoms with E-state index in [-0.39, 0.29) is 5.41 Å². The summed E-state index contributed by atoms with van der Waals surface area (Å²) in [7, 11) is 0. The Hall–Kier alpha value is -1.04. The molecule has 0 radical (unpaired) electrons. The smallest absolute Gasteiger partial charge is 0.0132 e. The second-order valence-electron chi connectivity index (χ2n) is 5.55. The van der Waals surface area contributed by atoms with E-state index < -0.39 is 0 Å². The first kappa shape index (κ1) is 10.5. The van der Waals surface area contributed by atoms with Crippen molar-refractivity contribution in [1.82, 2.24) is 0 Å². The lowest BCUT2D eigenvalue weighted by Crippen LogP contribution is -2.12. The first-order valence-electron chi connectivity index (χ1n) is 5.79. The fourth-order valence-electron chi connectivity index (χ4n) is 2.18. The maximum absolute atomic E-state index is 2.38. The molecule has 0 saturated heterocycles. The molecule has 0 atom stereocenters. The minimum atomic E-state index is 0.257. The number of rotatable bonds is 0. The maximum Gasteiger partial charge on any atom is -0.0132 e. The molecule has 15 heavy (non-hydrogen) atoms. The number of hydrogen-bond acceptors (Lipinski definition) is 0. The van der Waals surface area contributed by atoms with E-state index in [1.54, 1.807) is 0 Å². The van der Waals surface area contributed by atoms with E-state index in [1.807, 2.05) is 0 Å². The van der Waals surface area contributed by atoms with Crippen molar-refractivity contribution >= 4 is 5.57 Å². The van der Waals surface area contributed by atoms with Crippen LogP contribution in [0.2, 0.25) is 0 Å². The van der Waals surface area contributed by atoms with Crippen molar-refractivity contribution in [2.24, 2.45) is 0 Å². The van der Waals surface area contributed by atoms with Crippen LogP contribution in [-0.2, 0) is 11.8 Å². The number of aryl methyl sites for hydroxylation is 1. The molecular weight excluding hydrogens is 180 g/mol. The molecule has 1 aromatic carbocycles. The van der Waals surface area contributed by atoms with Gasteiger partial charge in [0.25, 0.3) is 0 Å². The van der Waals surface area contributed by atoms with Crippen molar-refractivity contribution in [3.8, 4) is 0 Å². The molecule has 1 aromatic rings. The maximum atomic E-state index is 2.38. The van der Waals surface area contributed by atoms with Gasteiger partial charge in [-0.3, -0.25) is 0 Å². The highest BCUT2D eigenvalue weighted by Crippen LogP contribution is 2.31. The predicted octanol–water partition coefficient (Wildman–Crippen LogP) is 4.33. The molecule has 0 N–H and O–H groups in total. The van der Waals surface area contributed by atoms with E-state index in [2.05, 4.69) is 52.0 Å². The molecule has 0 aliphatic heterocycles. The van der Waals surface area contributed by atoms with Crippen LogP contribution in [0.4, 0.5) is 0 Å². The van der Waals surface area contributed by atoms with Crippen molar-refractivity contribution in [3.05, 3.63) is 41.0 Å². The zero-order valence-electron chi connectivity index (χ0n) is 10.2. The van der Waals surface area contributed by atoms with Crippen LogP contribution in [0.1, 0.15) is 50.8 Å². The quantitative estimate of drug-likeness (QED) is 0.584. The monoisotopic (exact) mass is 200 g/mol. The highest BCUT2D eigenvalue weighted by molar-refractivity contribution is 5.69. The largest absolute Gasteiger partial charge is 0.0807 e. The van der Waals surface area contributed by atoms with Gasteiger partial charge in [-0.15, -0.1) is 0 Å². The second-order valence-corrected chi connectivity index (χ2v) is 5.55. The van der Waals surface area contributed by atoms with Crippen molar-refractivity contribution in [1.29, 1.82) is 0 Å². The van der Waals surface area contributed by atoms with Crippen molar-refractivity contribution < 1.29 is 0 Å². The summed E-state index contributed by atoms with van der Waals surface area (Å²) in [4.78, 5) is 0. The van der Waals surface area contributed by atoms with Gasteiger partial charge < -0.3 is 0 Å². The summed E-state index contributed by atoms with van der Waals surface area (Å²) in [5.41, 5.74) is 6.13. The van der Waals surface area contributed by atoms with Crippen LogP contribution in [0.15, 0.2) is 24.3 Å². The van der Waals surface area contributed by atoms with E-state index in [0.717, 1.165) is 0 Å². The van der Waals surface area contributed by atoms with Crippen LogP contribution in [0.25, 0.3) is 5.57 Å². The minimum Gasteiger partial charge on any atom is -0.0807 e. The second kappa shape index (κ2) is 3.52. The van der Waals surface area contributed by atoms with Gasteiger partial charge in [-0.2, -0.15) is 0 Å². The van der Waals surface area contributed by atoms with Gasteiger partial charge >= 0.3 is 0 Å². The number of fused-ring (bicyclic) bond motifs is 1. The lowest BCUT2D eigenvalue weighted by atomic mass is 9.82. The first-order valence-corrected chi connectivity index (χ1v) is 5.79. The average Bonchev–Trinajstić information content (AvgIpc) is 2.16. The summed E-state index contributed by atoms with van der Waals surface area (Å²) < 4.78 is 0. The van der Waals surface area contributed by atoms with E-state index in [0.29, 0.717) is 0 Å². The minimum absolute atomic E-state index is 0.257. The van der Waals surface area contributed by atoms with Crippen LogP contribution in [0, 0.1) is 0 Å². The van der Waals surface area contributed by atoms with E-state index in [1.165, 1.54) is 35.1 Å². The molecule has 1 aliphatic rings. The zero-order chi connectivity index (χ0) is 11.1. The van der Waals surface area contributed by atoms with Gasteiger partial charge in [0.2, 0.25) is 0 Å². The van der Waals surface area contributed by atoms with Crippen molar-refractivity contribution in [2.75, 3.05) is 0 Å². The summed E-state index contributed by atoms with van der Waals surface area (Å²) in [6.07, 6.45) is 4.76. The van der Waals surface area contributed by atoms with Crippen molar-refractivity contribution in [2.45, 2.75) is 46.0 Å². The van der Waals surface area contributed by atoms with Crippen LogP contribution in [0.5, 0.6) is 0 Å². The number of allylic oxidation sites excluding steroid dienone is 2. The zero-order valence-corrected chi connectivity index (χ0v) is 10.2. The fraction of sp³-hybridized carbons (Fsp3) is 0.467. The third kappa shape index (κ3) is 1.99. The van der Waals surface area contributed by atoms with Gasteiger partial charge in [-0.1, -0.05) is 45.0 Å². The Morgan fingerprint density at radius 2 is 1.87 bits per heavy atom. The van der Waals surface area contributed by atoms with Crippen LogP contribution in [-0.4, -0.2) is 0 Å². The normalized spacial score (nSPS) is 15.9. The van der Waals surface area contributed by atoms with Gasteiger partial charge in [0.1, 0.15) is 0 Å². The molecule has 0 spiro atoms. The third-order valence-electron chi connectivity index (χ3n) is 3.26. The average molecular weight is 200 g/mol. The Morgan fingerprint density at radius 1 is 1.13 bits per heavy atom. The molecule has 2 rings (SSSR count). The first-order chi connectivity index (χ1) is 6.98. The SMILES string of the molecule is CC1=CCCc2ccc(C(C)(C)C)cc21. The van der Waals surface area contributed by atoms with E-state index in [9.17, 15) is 0 Å². The van der Waals surface area contributed by atoms with Crippen LogP contribution < -0.4 is 0 Å². The Balaban J connectivity index is 2.51. The van der Waals surface area contributed by atoms with Crippen LogP contribution in [0.3, 0.4) is 0 Å². The Morgan fingerprint density at radius 3 is 2.53 bits per heavy atom. The topological polar surface area (TPSA) is 0 Å². The Kier molecular flexibility index (Phi) is 2.46. The molecule has 0 unspecified atom stereocenters.